The molecule has 1 amide bonds. The smallest absolute Gasteiger partial charge is 0.234 e. The van der Waals surface area contributed by atoms with Gasteiger partial charge in [-0.05, 0) is 31.0 Å². The van der Waals surface area contributed by atoms with Crippen LogP contribution >= 0.6 is 45.5 Å². The zero-order valence-electron chi connectivity index (χ0n) is 21.2. The van der Waals surface area contributed by atoms with Gasteiger partial charge in [-0.15, -0.1) is 11.3 Å². The summed E-state index contributed by atoms with van der Waals surface area (Å²) >= 11 is 9.81. The summed E-state index contributed by atoms with van der Waals surface area (Å²) < 4.78 is 0.351. The Balaban J connectivity index is 1.71. The molecule has 0 saturated carbocycles. The third-order valence-corrected chi connectivity index (χ3v) is 8.43. The number of hydrogen-bond acceptors (Lipinski definition) is 3. The van der Waals surface area contributed by atoms with Gasteiger partial charge in [0.15, 0.2) is 5.78 Å². The van der Waals surface area contributed by atoms with Crippen LogP contribution in [0.2, 0.25) is 5.02 Å². The molecule has 35 heavy (non-hydrogen) atoms. The maximum Gasteiger partial charge on any atom is 0.234 e. The lowest BCUT2D eigenvalue weighted by atomic mass is 10.0. The fraction of sp³-hybridized carbons (Fsp3) is 0.586. The van der Waals surface area contributed by atoms with Gasteiger partial charge in [0, 0.05) is 10.4 Å². The zero-order chi connectivity index (χ0) is 25.3. The lowest BCUT2D eigenvalue weighted by Crippen LogP contribution is -2.14. The van der Waals surface area contributed by atoms with Crippen molar-refractivity contribution in [3.8, 4) is 0 Å². The highest BCUT2D eigenvalue weighted by molar-refractivity contribution is 14.1. The Morgan fingerprint density at radius 3 is 1.91 bits per heavy atom. The molecule has 0 spiro atoms. The number of halogens is 2. The summed E-state index contributed by atoms with van der Waals surface area (Å²) in [5, 5.41) is 3.98. The molecule has 3 nitrogen and oxygen atoms in total. The first-order valence-electron chi connectivity index (χ1n) is 13.3. The van der Waals surface area contributed by atoms with Crippen LogP contribution in [-0.4, -0.2) is 16.1 Å². The summed E-state index contributed by atoms with van der Waals surface area (Å²) in [6.07, 6.45) is 19.7. The highest BCUT2D eigenvalue weighted by Crippen LogP contribution is 2.33. The highest BCUT2D eigenvalue weighted by Gasteiger charge is 2.20. The van der Waals surface area contributed by atoms with Gasteiger partial charge < -0.3 is 5.32 Å². The molecule has 0 aliphatic rings. The predicted octanol–water partition coefficient (Wildman–Crippen LogP) is 10.0. The Morgan fingerprint density at radius 2 is 1.37 bits per heavy atom. The minimum absolute atomic E-state index is 0.0938. The molecule has 6 heteroatoms. The van der Waals surface area contributed by atoms with E-state index in [9.17, 15) is 9.59 Å². The minimum Gasteiger partial charge on any atom is -0.316 e. The number of alkyl halides is 1. The number of ketones is 1. The third kappa shape index (κ3) is 11.8. The van der Waals surface area contributed by atoms with Crippen molar-refractivity contribution in [2.45, 2.75) is 103 Å². The van der Waals surface area contributed by atoms with Gasteiger partial charge in [0.1, 0.15) is 5.00 Å². The molecule has 1 N–H and O–H groups in total. The summed E-state index contributed by atoms with van der Waals surface area (Å²) in [4.78, 5) is 26.3. The number of unbranched alkanes of at least 4 members (excludes halogenated alkanes) is 13. The lowest BCUT2D eigenvalue weighted by molar-refractivity contribution is -0.113. The molecule has 2 aromatic rings. The molecule has 2 rings (SSSR count). The number of anilines is 1. The first kappa shape index (κ1) is 30.3. The molecule has 1 aromatic carbocycles. The minimum atomic E-state index is -0.136. The second-order valence-corrected chi connectivity index (χ2v) is 11.6. The van der Waals surface area contributed by atoms with Crippen molar-refractivity contribution in [2.24, 2.45) is 0 Å². The molecule has 0 radical (unpaired) electrons. The van der Waals surface area contributed by atoms with E-state index in [1.807, 2.05) is 40.8 Å². The van der Waals surface area contributed by atoms with Crippen LogP contribution in [0.4, 0.5) is 5.00 Å². The van der Waals surface area contributed by atoms with Gasteiger partial charge in [0.05, 0.1) is 15.0 Å². The molecule has 1 heterocycles. The van der Waals surface area contributed by atoms with E-state index in [2.05, 4.69) is 12.2 Å². The van der Waals surface area contributed by atoms with Gasteiger partial charge >= 0.3 is 0 Å². The monoisotopic (exact) mass is 629 g/mol. The van der Waals surface area contributed by atoms with Gasteiger partial charge in [-0.2, -0.15) is 0 Å². The number of amides is 1. The summed E-state index contributed by atoms with van der Waals surface area (Å²) in [6, 6.07) is 9.03. The molecular formula is C29H41ClINO2S. The van der Waals surface area contributed by atoms with Crippen molar-refractivity contribution in [2.75, 3.05) is 9.74 Å². The van der Waals surface area contributed by atoms with E-state index in [0.717, 1.165) is 17.7 Å². The van der Waals surface area contributed by atoms with Gasteiger partial charge in [-0.3, -0.25) is 9.59 Å². The average Bonchev–Trinajstić information content (AvgIpc) is 3.26. The molecule has 0 bridgehead atoms. The van der Waals surface area contributed by atoms with Crippen LogP contribution in [0.25, 0.3) is 0 Å². The van der Waals surface area contributed by atoms with Crippen molar-refractivity contribution >= 4 is 62.2 Å². The average molecular weight is 630 g/mol. The number of benzene rings is 1. The Hall–Kier alpha value is -0.920. The van der Waals surface area contributed by atoms with Gasteiger partial charge in [0.2, 0.25) is 5.91 Å². The molecule has 0 aliphatic carbocycles. The van der Waals surface area contributed by atoms with Crippen LogP contribution in [0.1, 0.15) is 118 Å². The Labute approximate surface area is 235 Å². The van der Waals surface area contributed by atoms with Crippen molar-refractivity contribution in [3.63, 3.8) is 0 Å². The first-order chi connectivity index (χ1) is 17.1. The summed E-state index contributed by atoms with van der Waals surface area (Å²) in [6.45, 7) is 2.27. The molecular weight excluding hydrogens is 589 g/mol. The third-order valence-electron chi connectivity index (χ3n) is 6.30. The highest BCUT2D eigenvalue weighted by atomic mass is 127. The van der Waals surface area contributed by atoms with Crippen molar-refractivity contribution in [3.05, 3.63) is 51.4 Å². The van der Waals surface area contributed by atoms with Crippen LogP contribution in [-0.2, 0) is 11.2 Å². The second kappa shape index (κ2) is 18.3. The molecule has 0 unspecified atom stereocenters. The molecule has 0 atom stereocenters. The van der Waals surface area contributed by atoms with Crippen LogP contribution in [0.3, 0.4) is 0 Å². The molecule has 194 valence electrons. The number of thiophene rings is 1. The summed E-state index contributed by atoms with van der Waals surface area (Å²) in [5.41, 5.74) is 1.02. The Bertz CT molecular complexity index is 899. The van der Waals surface area contributed by atoms with Gasteiger partial charge in [0.25, 0.3) is 0 Å². The standard InChI is InChI=1S/C29H41ClINO2S/c1-2-3-4-5-6-7-8-9-10-11-12-13-14-15-18-23-21-25(29(35-23)32-27(33)22-31)28(34)24-19-16-17-20-26(24)30/h16-17,19-21H,2-15,18,22H2,1H3,(H,32,33). The number of hydrogen-bond donors (Lipinski definition) is 1. The number of nitrogens with one attached hydrogen (secondary N) is 1. The van der Waals surface area contributed by atoms with Crippen molar-refractivity contribution in [1.82, 2.24) is 0 Å². The van der Waals surface area contributed by atoms with E-state index < -0.39 is 0 Å². The topological polar surface area (TPSA) is 46.2 Å². The maximum absolute atomic E-state index is 13.1. The fourth-order valence-corrected chi connectivity index (χ4v) is 5.80. The quantitative estimate of drug-likeness (QED) is 0.0727. The second-order valence-electron chi connectivity index (χ2n) is 9.29. The largest absolute Gasteiger partial charge is 0.316 e. The van der Waals surface area contributed by atoms with Crippen molar-refractivity contribution in [1.29, 1.82) is 0 Å². The fourth-order valence-electron chi connectivity index (χ4n) is 4.27. The predicted molar refractivity (Wildman–Crippen MR) is 161 cm³/mol. The first-order valence-corrected chi connectivity index (χ1v) is 16.1. The van der Waals surface area contributed by atoms with Crippen LogP contribution < -0.4 is 5.32 Å². The van der Waals surface area contributed by atoms with E-state index in [1.54, 1.807) is 12.1 Å². The Kier molecular flexibility index (Phi) is 15.9. The molecule has 0 saturated heterocycles. The van der Waals surface area contributed by atoms with E-state index in [4.69, 9.17) is 11.6 Å². The van der Waals surface area contributed by atoms with Crippen molar-refractivity contribution < 1.29 is 9.59 Å². The SMILES string of the molecule is CCCCCCCCCCCCCCCCc1cc(C(=O)c2ccccc2Cl)c(NC(=O)CI)s1. The molecule has 0 fully saturated rings. The van der Waals surface area contributed by atoms with E-state index >= 15 is 0 Å². The van der Waals surface area contributed by atoms with Gasteiger partial charge in [-0.25, -0.2) is 0 Å². The van der Waals surface area contributed by atoms with Crippen LogP contribution in [0.15, 0.2) is 30.3 Å². The number of carbonyl (C=O) groups is 2. The lowest BCUT2D eigenvalue weighted by Gasteiger charge is -2.05. The van der Waals surface area contributed by atoms with E-state index in [0.29, 0.717) is 25.6 Å². The van der Waals surface area contributed by atoms with Crippen LogP contribution in [0.5, 0.6) is 0 Å². The normalized spacial score (nSPS) is 11.1. The number of aryl methyl sites for hydroxylation is 1. The zero-order valence-corrected chi connectivity index (χ0v) is 24.9. The van der Waals surface area contributed by atoms with Crippen LogP contribution in [0, 0.1) is 0 Å². The van der Waals surface area contributed by atoms with E-state index in [-0.39, 0.29) is 11.7 Å². The summed E-state index contributed by atoms with van der Waals surface area (Å²) in [5.74, 6) is -0.230. The van der Waals surface area contributed by atoms with E-state index in [1.165, 1.54) is 94.8 Å². The molecule has 0 aliphatic heterocycles. The maximum atomic E-state index is 13.1. The summed E-state index contributed by atoms with van der Waals surface area (Å²) in [7, 11) is 0. The Morgan fingerprint density at radius 1 is 0.829 bits per heavy atom. The number of carbonyl (C=O) groups excluding carboxylic acids is 2. The molecule has 1 aromatic heterocycles. The number of rotatable bonds is 19. The van der Waals surface area contributed by atoms with Gasteiger partial charge in [-0.1, -0.05) is 137 Å².